The van der Waals surface area contributed by atoms with E-state index in [0.717, 1.165) is 31.3 Å². The van der Waals surface area contributed by atoms with Gasteiger partial charge >= 0.3 is 0 Å². The van der Waals surface area contributed by atoms with Crippen molar-refractivity contribution in [1.29, 1.82) is 0 Å². The predicted molar refractivity (Wildman–Crippen MR) is 108 cm³/mol. The van der Waals surface area contributed by atoms with Crippen molar-refractivity contribution in [3.63, 3.8) is 0 Å². The number of aromatic nitrogens is 1. The Labute approximate surface area is 155 Å². The highest BCUT2D eigenvalue weighted by Gasteiger charge is 2.21. The summed E-state index contributed by atoms with van der Waals surface area (Å²) in [5.74, 6) is 0.677. The summed E-state index contributed by atoms with van der Waals surface area (Å²) in [5, 5.41) is 7.73. The van der Waals surface area contributed by atoms with Gasteiger partial charge in [-0.1, -0.05) is 18.2 Å². The Hall–Kier alpha value is -2.06. The quantitative estimate of drug-likeness (QED) is 0.413. The Kier molecular flexibility index (Phi) is 6.66. The second-order valence-electron chi connectivity index (χ2n) is 6.99. The van der Waals surface area contributed by atoms with Gasteiger partial charge < -0.3 is 15.6 Å². The largest absolute Gasteiger partial charge is 0.361 e. The predicted octanol–water partition coefficient (Wildman–Crippen LogP) is 1.59. The molecule has 26 heavy (non-hydrogen) atoms. The zero-order chi connectivity index (χ0) is 19.2. The van der Waals surface area contributed by atoms with Crippen molar-refractivity contribution in [3.05, 3.63) is 36.0 Å². The molecule has 1 aromatic carbocycles. The van der Waals surface area contributed by atoms with Gasteiger partial charge in [-0.05, 0) is 38.8 Å². The smallest absolute Gasteiger partial charge is 0.209 e. The molecule has 0 unspecified atom stereocenters. The number of hydrogen-bond acceptors (Lipinski definition) is 3. The van der Waals surface area contributed by atoms with Crippen LogP contribution in [0.2, 0.25) is 0 Å². The number of rotatable bonds is 8. The Bertz CT molecular complexity index is 855. The highest BCUT2D eigenvalue weighted by atomic mass is 32.2. The van der Waals surface area contributed by atoms with Crippen LogP contribution < -0.4 is 15.4 Å². The summed E-state index contributed by atoms with van der Waals surface area (Å²) < 4.78 is 25.5. The van der Waals surface area contributed by atoms with E-state index in [2.05, 4.69) is 37.5 Å². The molecule has 2 aromatic rings. The fraction of sp³-hybridized carbons (Fsp3) is 0.500. The normalized spacial score (nSPS) is 13.2. The molecule has 144 valence electrons. The molecule has 7 nitrogen and oxygen atoms in total. The molecule has 4 N–H and O–H groups in total. The minimum atomic E-state index is -3.27. The number of guanidine groups is 1. The summed E-state index contributed by atoms with van der Waals surface area (Å²) in [6.07, 6.45) is 4.05. The average molecular weight is 380 g/mol. The number of aliphatic imine (C=N–C) groups is 1. The lowest BCUT2D eigenvalue weighted by Crippen LogP contribution is -2.47. The van der Waals surface area contributed by atoms with Crippen LogP contribution in [0.5, 0.6) is 0 Å². The Balaban J connectivity index is 1.95. The number of nitrogens with one attached hydrogen (secondary N) is 4. The first-order valence-corrected chi connectivity index (χ1v) is 10.7. The van der Waals surface area contributed by atoms with Crippen molar-refractivity contribution in [2.24, 2.45) is 4.99 Å². The number of fused-ring (bicyclic) bond motifs is 1. The van der Waals surface area contributed by atoms with E-state index in [9.17, 15) is 8.42 Å². The van der Waals surface area contributed by atoms with Crippen molar-refractivity contribution >= 4 is 26.9 Å². The maximum atomic E-state index is 11.4. The number of H-pyrrole nitrogens is 1. The maximum Gasteiger partial charge on any atom is 0.209 e. The molecular formula is C18H29N5O2S. The van der Waals surface area contributed by atoms with Crippen molar-refractivity contribution in [2.45, 2.75) is 32.7 Å². The van der Waals surface area contributed by atoms with Gasteiger partial charge in [-0.3, -0.25) is 4.99 Å². The highest BCUT2D eigenvalue weighted by Crippen LogP contribution is 2.17. The van der Waals surface area contributed by atoms with E-state index in [0.29, 0.717) is 12.5 Å². The standard InChI is InChI=1S/C18H29N5O2S/c1-5-19-17(22-13-18(2,3)23-26(4,24)25)20-11-10-14-12-21-16-9-7-6-8-15(14)16/h6-9,12,21,23H,5,10-11,13H2,1-4H3,(H2,19,20,22). The minimum absolute atomic E-state index is 0.336. The molecule has 1 heterocycles. The van der Waals surface area contributed by atoms with Gasteiger partial charge in [0, 0.05) is 35.7 Å². The number of aromatic amines is 1. The first-order chi connectivity index (χ1) is 12.2. The van der Waals surface area contributed by atoms with Gasteiger partial charge in [0.1, 0.15) is 0 Å². The van der Waals surface area contributed by atoms with Crippen LogP contribution >= 0.6 is 0 Å². The van der Waals surface area contributed by atoms with Gasteiger partial charge in [0.25, 0.3) is 0 Å². The second-order valence-corrected chi connectivity index (χ2v) is 8.74. The molecule has 0 aliphatic rings. The third kappa shape index (κ3) is 6.34. The number of para-hydroxylation sites is 1. The van der Waals surface area contributed by atoms with Gasteiger partial charge in [-0.15, -0.1) is 0 Å². The summed E-state index contributed by atoms with van der Waals surface area (Å²) in [6.45, 7) is 7.42. The van der Waals surface area contributed by atoms with Crippen LogP contribution in [0.15, 0.2) is 35.5 Å². The Morgan fingerprint density at radius 2 is 1.96 bits per heavy atom. The van der Waals surface area contributed by atoms with Crippen LogP contribution in [0.4, 0.5) is 0 Å². The summed E-state index contributed by atoms with van der Waals surface area (Å²) in [7, 11) is -3.27. The lowest BCUT2D eigenvalue weighted by molar-refractivity contribution is 0.464. The molecule has 8 heteroatoms. The maximum absolute atomic E-state index is 11.4. The van der Waals surface area contributed by atoms with Gasteiger partial charge in [0.05, 0.1) is 12.8 Å². The average Bonchev–Trinajstić information content (AvgIpc) is 2.94. The van der Waals surface area contributed by atoms with Crippen LogP contribution in [0, 0.1) is 0 Å². The van der Waals surface area contributed by atoms with Gasteiger partial charge in [-0.25, -0.2) is 13.1 Å². The van der Waals surface area contributed by atoms with Crippen LogP contribution in [0.1, 0.15) is 26.3 Å². The molecule has 0 spiro atoms. The summed E-state index contributed by atoms with van der Waals surface area (Å²) in [4.78, 5) is 7.79. The molecule has 0 atom stereocenters. The van der Waals surface area contributed by atoms with E-state index >= 15 is 0 Å². The van der Waals surface area contributed by atoms with E-state index in [1.807, 2.05) is 39.1 Å². The lowest BCUT2D eigenvalue weighted by Gasteiger charge is -2.23. The fourth-order valence-corrected chi connectivity index (χ4v) is 3.87. The third-order valence-electron chi connectivity index (χ3n) is 3.80. The molecule has 0 saturated heterocycles. The van der Waals surface area contributed by atoms with E-state index in [-0.39, 0.29) is 0 Å². The van der Waals surface area contributed by atoms with Crippen LogP contribution in [0.3, 0.4) is 0 Å². The summed E-state index contributed by atoms with van der Waals surface area (Å²) >= 11 is 0. The van der Waals surface area contributed by atoms with Crippen molar-refractivity contribution in [2.75, 3.05) is 25.9 Å². The van der Waals surface area contributed by atoms with Crippen molar-refractivity contribution in [1.82, 2.24) is 20.3 Å². The van der Waals surface area contributed by atoms with E-state index in [1.165, 1.54) is 10.9 Å². The highest BCUT2D eigenvalue weighted by molar-refractivity contribution is 7.88. The third-order valence-corrected chi connectivity index (χ3v) is 4.72. The minimum Gasteiger partial charge on any atom is -0.361 e. The molecule has 0 aliphatic carbocycles. The summed E-state index contributed by atoms with van der Waals surface area (Å²) in [6, 6.07) is 8.23. The van der Waals surface area contributed by atoms with Gasteiger partial charge in [0.15, 0.2) is 5.96 Å². The van der Waals surface area contributed by atoms with Gasteiger partial charge in [-0.2, -0.15) is 0 Å². The molecule has 0 saturated carbocycles. The summed E-state index contributed by atoms with van der Waals surface area (Å²) in [5.41, 5.74) is 1.74. The van der Waals surface area contributed by atoms with Crippen LogP contribution in [0.25, 0.3) is 10.9 Å². The fourth-order valence-electron chi connectivity index (χ4n) is 2.81. The topological polar surface area (TPSA) is 98.4 Å². The van der Waals surface area contributed by atoms with Crippen molar-refractivity contribution < 1.29 is 8.42 Å². The second kappa shape index (κ2) is 8.55. The SMILES string of the molecule is CCNC(=NCC(C)(C)NS(C)(=O)=O)NCCc1c[nH]c2ccccc12. The van der Waals surface area contributed by atoms with Crippen molar-refractivity contribution in [3.8, 4) is 0 Å². The Morgan fingerprint density at radius 1 is 1.23 bits per heavy atom. The molecular weight excluding hydrogens is 350 g/mol. The van der Waals surface area contributed by atoms with Crippen LogP contribution in [-0.2, 0) is 16.4 Å². The first kappa shape index (κ1) is 20.3. The monoisotopic (exact) mass is 379 g/mol. The molecule has 2 rings (SSSR count). The van der Waals surface area contributed by atoms with E-state index in [4.69, 9.17) is 0 Å². The first-order valence-electron chi connectivity index (χ1n) is 8.76. The number of nitrogens with zero attached hydrogens (tertiary/aromatic N) is 1. The number of hydrogen-bond donors (Lipinski definition) is 4. The molecule has 0 fully saturated rings. The zero-order valence-electron chi connectivity index (χ0n) is 15.9. The molecule has 1 aromatic heterocycles. The lowest BCUT2D eigenvalue weighted by atomic mass is 10.1. The van der Waals surface area contributed by atoms with E-state index < -0.39 is 15.6 Å². The zero-order valence-corrected chi connectivity index (χ0v) is 16.7. The Morgan fingerprint density at radius 3 is 2.65 bits per heavy atom. The molecule has 0 amide bonds. The number of benzene rings is 1. The van der Waals surface area contributed by atoms with Crippen LogP contribution in [-0.4, -0.2) is 50.8 Å². The number of sulfonamides is 1. The molecule has 0 radical (unpaired) electrons. The molecule has 0 bridgehead atoms. The van der Waals surface area contributed by atoms with Gasteiger partial charge in [0.2, 0.25) is 10.0 Å². The molecule has 0 aliphatic heterocycles. The van der Waals surface area contributed by atoms with E-state index in [1.54, 1.807) is 0 Å².